The van der Waals surface area contributed by atoms with Crippen molar-refractivity contribution in [3.05, 3.63) is 29.6 Å². The summed E-state index contributed by atoms with van der Waals surface area (Å²) in [5, 5.41) is 0. The van der Waals surface area contributed by atoms with Crippen LogP contribution in [0.15, 0.2) is 18.3 Å². The van der Waals surface area contributed by atoms with Gasteiger partial charge in [0.1, 0.15) is 0 Å². The summed E-state index contributed by atoms with van der Waals surface area (Å²) in [5.74, 6) is 0.0771. The first-order valence-corrected chi connectivity index (χ1v) is 5.64. The largest absolute Gasteiger partial charge is 0.378 e. The van der Waals surface area contributed by atoms with E-state index >= 15 is 0 Å². The predicted molar refractivity (Wildman–Crippen MR) is 60.3 cm³/mol. The van der Waals surface area contributed by atoms with E-state index in [1.165, 1.54) is 0 Å². The third-order valence-electron chi connectivity index (χ3n) is 2.75. The van der Waals surface area contributed by atoms with Gasteiger partial charge in [-0.05, 0) is 18.6 Å². The molecule has 1 amide bonds. The Kier molecular flexibility index (Phi) is 3.51. The fourth-order valence-electron chi connectivity index (χ4n) is 1.85. The highest BCUT2D eigenvalue weighted by Crippen LogP contribution is 2.11. The second-order valence-electron chi connectivity index (χ2n) is 3.76. The number of ether oxygens (including phenoxy) is 1. The van der Waals surface area contributed by atoms with Gasteiger partial charge in [-0.15, -0.1) is 0 Å². The Labute approximate surface area is 95.2 Å². The van der Waals surface area contributed by atoms with Gasteiger partial charge in [0.05, 0.1) is 24.5 Å². The molecule has 0 aromatic carbocycles. The molecule has 0 bridgehead atoms. The molecule has 1 aliphatic rings. The number of nitrogens with zero attached hydrogens (tertiary/aromatic N) is 2. The number of hydrogen-bond acceptors (Lipinski definition) is 3. The first-order valence-electron chi connectivity index (χ1n) is 5.64. The molecule has 1 aliphatic heterocycles. The van der Waals surface area contributed by atoms with Gasteiger partial charge in [0.25, 0.3) is 5.91 Å². The van der Waals surface area contributed by atoms with Crippen molar-refractivity contribution in [2.45, 2.75) is 13.3 Å². The number of morpholine rings is 1. The lowest BCUT2D eigenvalue weighted by atomic mass is 10.1. The highest BCUT2D eigenvalue weighted by molar-refractivity contribution is 5.95. The van der Waals surface area contributed by atoms with Gasteiger partial charge in [-0.2, -0.15) is 0 Å². The summed E-state index contributed by atoms with van der Waals surface area (Å²) in [4.78, 5) is 18.3. The molecule has 0 N–H and O–H groups in total. The average Bonchev–Trinajstić information content (AvgIpc) is 2.39. The van der Waals surface area contributed by atoms with Crippen molar-refractivity contribution in [1.29, 1.82) is 0 Å². The summed E-state index contributed by atoms with van der Waals surface area (Å²) in [7, 11) is 0. The normalized spacial score (nSPS) is 16.2. The lowest BCUT2D eigenvalue weighted by Crippen LogP contribution is -2.41. The third kappa shape index (κ3) is 2.22. The van der Waals surface area contributed by atoms with E-state index in [4.69, 9.17) is 4.74 Å². The predicted octanol–water partition coefficient (Wildman–Crippen LogP) is 1.12. The van der Waals surface area contributed by atoms with Gasteiger partial charge in [0.2, 0.25) is 0 Å². The van der Waals surface area contributed by atoms with Crippen LogP contribution in [0.1, 0.15) is 23.0 Å². The van der Waals surface area contributed by atoms with Crippen LogP contribution >= 0.6 is 0 Å². The van der Waals surface area contributed by atoms with Crippen LogP contribution in [0.3, 0.4) is 0 Å². The number of aromatic nitrogens is 1. The maximum Gasteiger partial charge on any atom is 0.255 e. The van der Waals surface area contributed by atoms with E-state index in [1.807, 2.05) is 24.0 Å². The maximum atomic E-state index is 12.2. The number of aryl methyl sites for hydroxylation is 1. The van der Waals surface area contributed by atoms with Crippen molar-refractivity contribution < 1.29 is 9.53 Å². The zero-order valence-corrected chi connectivity index (χ0v) is 9.48. The minimum Gasteiger partial charge on any atom is -0.378 e. The maximum absolute atomic E-state index is 12.2. The van der Waals surface area contributed by atoms with Gasteiger partial charge in [-0.3, -0.25) is 9.78 Å². The van der Waals surface area contributed by atoms with Gasteiger partial charge < -0.3 is 9.64 Å². The summed E-state index contributed by atoms with van der Waals surface area (Å²) in [6.45, 7) is 4.63. The molecule has 86 valence electrons. The van der Waals surface area contributed by atoms with Gasteiger partial charge >= 0.3 is 0 Å². The Hall–Kier alpha value is -1.42. The molecular formula is C12H16N2O2. The monoisotopic (exact) mass is 220 g/mol. The first-order chi connectivity index (χ1) is 7.83. The highest BCUT2D eigenvalue weighted by Gasteiger charge is 2.20. The molecule has 0 aliphatic carbocycles. The van der Waals surface area contributed by atoms with E-state index in [0.29, 0.717) is 26.3 Å². The van der Waals surface area contributed by atoms with E-state index in [9.17, 15) is 4.79 Å². The molecular weight excluding hydrogens is 204 g/mol. The number of rotatable bonds is 2. The molecule has 0 spiro atoms. The minimum absolute atomic E-state index is 0.0771. The van der Waals surface area contributed by atoms with E-state index in [0.717, 1.165) is 17.7 Å². The Bertz CT molecular complexity index is 373. The molecule has 0 unspecified atom stereocenters. The Morgan fingerprint density at radius 3 is 2.94 bits per heavy atom. The fourth-order valence-corrected chi connectivity index (χ4v) is 1.85. The second-order valence-corrected chi connectivity index (χ2v) is 3.76. The lowest BCUT2D eigenvalue weighted by Gasteiger charge is -2.27. The van der Waals surface area contributed by atoms with Crippen LogP contribution in [0.2, 0.25) is 0 Å². The molecule has 4 heteroatoms. The van der Waals surface area contributed by atoms with Crippen molar-refractivity contribution in [2.24, 2.45) is 0 Å². The molecule has 0 atom stereocenters. The van der Waals surface area contributed by atoms with Crippen LogP contribution < -0.4 is 0 Å². The van der Waals surface area contributed by atoms with E-state index in [2.05, 4.69) is 4.98 Å². The average molecular weight is 220 g/mol. The van der Waals surface area contributed by atoms with Crippen LogP contribution in [-0.2, 0) is 11.2 Å². The second kappa shape index (κ2) is 5.07. The molecule has 2 rings (SSSR count). The fraction of sp³-hybridized carbons (Fsp3) is 0.500. The summed E-state index contributed by atoms with van der Waals surface area (Å²) < 4.78 is 5.23. The number of pyridine rings is 1. The SMILES string of the molecule is CCc1ncccc1C(=O)N1CCOCC1. The summed E-state index contributed by atoms with van der Waals surface area (Å²) in [5.41, 5.74) is 1.60. The van der Waals surface area contributed by atoms with E-state index in [1.54, 1.807) is 6.20 Å². The van der Waals surface area contributed by atoms with Gasteiger partial charge in [0.15, 0.2) is 0 Å². The molecule has 1 saturated heterocycles. The number of carbonyl (C=O) groups is 1. The van der Waals surface area contributed by atoms with Crippen LogP contribution in [0.4, 0.5) is 0 Å². The molecule has 0 saturated carbocycles. The topological polar surface area (TPSA) is 42.4 Å². The summed E-state index contributed by atoms with van der Waals surface area (Å²) in [6, 6.07) is 3.66. The van der Waals surface area contributed by atoms with E-state index < -0.39 is 0 Å². The smallest absolute Gasteiger partial charge is 0.255 e. The molecule has 2 heterocycles. The summed E-state index contributed by atoms with van der Waals surface area (Å²) >= 11 is 0. The number of hydrogen-bond donors (Lipinski definition) is 0. The van der Waals surface area contributed by atoms with Gasteiger partial charge in [0, 0.05) is 19.3 Å². The van der Waals surface area contributed by atoms with Crippen LogP contribution in [0.5, 0.6) is 0 Å². The number of amides is 1. The summed E-state index contributed by atoms with van der Waals surface area (Å²) in [6.07, 6.45) is 2.52. The van der Waals surface area contributed by atoms with Crippen molar-refractivity contribution in [3.8, 4) is 0 Å². The van der Waals surface area contributed by atoms with Crippen molar-refractivity contribution in [2.75, 3.05) is 26.3 Å². The zero-order valence-electron chi connectivity index (χ0n) is 9.48. The third-order valence-corrected chi connectivity index (χ3v) is 2.75. The van der Waals surface area contributed by atoms with Crippen LogP contribution in [0, 0.1) is 0 Å². The number of carbonyl (C=O) groups excluding carboxylic acids is 1. The molecule has 4 nitrogen and oxygen atoms in total. The Balaban J connectivity index is 2.19. The van der Waals surface area contributed by atoms with Crippen molar-refractivity contribution in [1.82, 2.24) is 9.88 Å². The van der Waals surface area contributed by atoms with Crippen LogP contribution in [-0.4, -0.2) is 42.1 Å². The minimum atomic E-state index is 0.0771. The first kappa shape index (κ1) is 11.1. The molecule has 16 heavy (non-hydrogen) atoms. The van der Waals surface area contributed by atoms with Crippen molar-refractivity contribution in [3.63, 3.8) is 0 Å². The molecule has 1 aromatic rings. The van der Waals surface area contributed by atoms with Gasteiger partial charge in [-0.1, -0.05) is 6.92 Å². The highest BCUT2D eigenvalue weighted by atomic mass is 16.5. The lowest BCUT2D eigenvalue weighted by molar-refractivity contribution is 0.0302. The van der Waals surface area contributed by atoms with Crippen LogP contribution in [0.25, 0.3) is 0 Å². The molecule has 1 aromatic heterocycles. The zero-order chi connectivity index (χ0) is 11.4. The standard InChI is InChI=1S/C12H16N2O2/c1-2-11-10(4-3-5-13-11)12(15)14-6-8-16-9-7-14/h3-5H,2,6-9H2,1H3. The quantitative estimate of drug-likeness (QED) is 0.750. The Morgan fingerprint density at radius 1 is 1.50 bits per heavy atom. The van der Waals surface area contributed by atoms with Gasteiger partial charge in [-0.25, -0.2) is 0 Å². The molecule has 1 fully saturated rings. The molecule has 0 radical (unpaired) electrons. The van der Waals surface area contributed by atoms with Crippen molar-refractivity contribution >= 4 is 5.91 Å². The Morgan fingerprint density at radius 2 is 2.25 bits per heavy atom. The van der Waals surface area contributed by atoms with E-state index in [-0.39, 0.29) is 5.91 Å².